The van der Waals surface area contributed by atoms with Gasteiger partial charge in [0.1, 0.15) is 12.7 Å². The smallest absolute Gasteiger partial charge is 0.258 e. The van der Waals surface area contributed by atoms with Crippen molar-refractivity contribution in [1.82, 2.24) is 29.7 Å². The number of nitrogens with one attached hydrogen (secondary N) is 1. The van der Waals surface area contributed by atoms with Gasteiger partial charge >= 0.3 is 0 Å². The summed E-state index contributed by atoms with van der Waals surface area (Å²) in [7, 11) is 0. The molecule has 0 bridgehead atoms. The maximum Gasteiger partial charge on any atom is 0.258 e. The summed E-state index contributed by atoms with van der Waals surface area (Å²) in [5, 5.41) is 7.41. The largest absolute Gasteiger partial charge is 0.354 e. The molecule has 3 rings (SSSR count). The lowest BCUT2D eigenvalue weighted by atomic mass is 9.82. The molecular formula is C13H18ClN7. The van der Waals surface area contributed by atoms with Crippen molar-refractivity contribution in [2.24, 2.45) is 11.8 Å². The van der Waals surface area contributed by atoms with E-state index in [2.05, 4.69) is 37.3 Å². The monoisotopic (exact) mass is 307 g/mol. The second-order valence-corrected chi connectivity index (χ2v) is 5.92. The van der Waals surface area contributed by atoms with Crippen LogP contribution in [0, 0.1) is 11.8 Å². The molecular weight excluding hydrogens is 290 g/mol. The fourth-order valence-electron chi connectivity index (χ4n) is 2.81. The molecule has 1 fully saturated rings. The van der Waals surface area contributed by atoms with Crippen molar-refractivity contribution in [1.29, 1.82) is 0 Å². The van der Waals surface area contributed by atoms with Gasteiger partial charge in [0.15, 0.2) is 0 Å². The van der Waals surface area contributed by atoms with Gasteiger partial charge in [0, 0.05) is 6.54 Å². The predicted molar refractivity (Wildman–Crippen MR) is 79.4 cm³/mol. The van der Waals surface area contributed by atoms with Crippen LogP contribution in [0.2, 0.25) is 5.28 Å². The topological polar surface area (TPSA) is 81.4 Å². The molecule has 2 unspecified atom stereocenters. The van der Waals surface area contributed by atoms with Crippen molar-refractivity contribution in [3.63, 3.8) is 0 Å². The zero-order valence-corrected chi connectivity index (χ0v) is 12.7. The van der Waals surface area contributed by atoms with Crippen LogP contribution in [-0.4, -0.2) is 36.3 Å². The highest BCUT2D eigenvalue weighted by Gasteiger charge is 2.19. The number of halogens is 1. The van der Waals surface area contributed by atoms with Crippen LogP contribution in [0.1, 0.15) is 32.6 Å². The Bertz CT molecular complexity index is 586. The quantitative estimate of drug-likeness (QED) is 0.933. The maximum atomic E-state index is 5.95. The molecule has 21 heavy (non-hydrogen) atoms. The molecule has 7 nitrogen and oxygen atoms in total. The minimum atomic E-state index is 0.148. The Morgan fingerprint density at radius 3 is 3.00 bits per heavy atom. The summed E-state index contributed by atoms with van der Waals surface area (Å²) in [6.07, 6.45) is 8.10. The highest BCUT2D eigenvalue weighted by atomic mass is 35.5. The van der Waals surface area contributed by atoms with Crippen LogP contribution in [0.3, 0.4) is 0 Å². The molecule has 0 saturated heterocycles. The van der Waals surface area contributed by atoms with Crippen LogP contribution in [0.15, 0.2) is 12.7 Å². The number of rotatable bonds is 4. The van der Waals surface area contributed by atoms with E-state index in [-0.39, 0.29) is 5.28 Å². The molecule has 0 aromatic carbocycles. The first-order valence-electron chi connectivity index (χ1n) is 7.21. The standard InChI is InChI=1S/C13H18ClN7/c1-9-3-2-4-10(5-9)6-16-12-18-11(14)19-13(20-12)21-8-15-7-17-21/h7-10H,2-6H2,1H3,(H,16,18,19,20). The molecule has 0 aliphatic heterocycles. The summed E-state index contributed by atoms with van der Waals surface area (Å²) in [6, 6.07) is 0. The van der Waals surface area contributed by atoms with Gasteiger partial charge in [0.05, 0.1) is 0 Å². The van der Waals surface area contributed by atoms with E-state index >= 15 is 0 Å². The highest BCUT2D eigenvalue weighted by Crippen LogP contribution is 2.28. The van der Waals surface area contributed by atoms with Crippen molar-refractivity contribution in [3.05, 3.63) is 17.9 Å². The van der Waals surface area contributed by atoms with Crippen molar-refractivity contribution >= 4 is 17.5 Å². The number of anilines is 1. The van der Waals surface area contributed by atoms with Gasteiger partial charge in [-0.25, -0.2) is 4.98 Å². The molecule has 0 spiro atoms. The summed E-state index contributed by atoms with van der Waals surface area (Å²) in [4.78, 5) is 16.4. The Labute approximate surface area is 128 Å². The predicted octanol–water partition coefficient (Wildman–Crippen LogP) is 2.34. The molecule has 112 valence electrons. The molecule has 2 heterocycles. The third-order valence-corrected chi connectivity index (χ3v) is 3.98. The number of hydrogen-bond donors (Lipinski definition) is 1. The van der Waals surface area contributed by atoms with Crippen molar-refractivity contribution in [2.45, 2.75) is 32.6 Å². The van der Waals surface area contributed by atoms with E-state index in [1.807, 2.05) is 0 Å². The summed E-state index contributed by atoms with van der Waals surface area (Å²) in [6.45, 7) is 3.18. The van der Waals surface area contributed by atoms with Crippen LogP contribution in [0.5, 0.6) is 0 Å². The molecule has 1 N–H and O–H groups in total. The minimum absolute atomic E-state index is 0.148. The van der Waals surface area contributed by atoms with Gasteiger partial charge in [0.25, 0.3) is 5.95 Å². The lowest BCUT2D eigenvalue weighted by Gasteiger charge is -2.26. The van der Waals surface area contributed by atoms with Gasteiger partial charge in [-0.3, -0.25) is 0 Å². The first kappa shape index (κ1) is 14.2. The van der Waals surface area contributed by atoms with E-state index in [0.717, 1.165) is 12.5 Å². The SMILES string of the molecule is CC1CCCC(CNc2nc(Cl)nc(-n3cncn3)n2)C1. The third-order valence-electron chi connectivity index (χ3n) is 3.81. The number of hydrogen-bond acceptors (Lipinski definition) is 6. The van der Waals surface area contributed by atoms with Crippen molar-refractivity contribution < 1.29 is 0 Å². The molecule has 2 aromatic rings. The van der Waals surface area contributed by atoms with E-state index in [4.69, 9.17) is 11.6 Å². The lowest BCUT2D eigenvalue weighted by Crippen LogP contribution is -2.22. The molecule has 2 atom stereocenters. The fourth-order valence-corrected chi connectivity index (χ4v) is 2.97. The molecule has 8 heteroatoms. The molecule has 1 saturated carbocycles. The Morgan fingerprint density at radius 1 is 1.33 bits per heavy atom. The molecule has 1 aliphatic carbocycles. The van der Waals surface area contributed by atoms with Crippen LogP contribution in [-0.2, 0) is 0 Å². The van der Waals surface area contributed by atoms with Crippen LogP contribution in [0.4, 0.5) is 5.95 Å². The van der Waals surface area contributed by atoms with Gasteiger partial charge in [0.2, 0.25) is 11.2 Å². The van der Waals surface area contributed by atoms with E-state index in [1.165, 1.54) is 43.0 Å². The van der Waals surface area contributed by atoms with Gasteiger partial charge in [-0.05, 0) is 36.3 Å². The van der Waals surface area contributed by atoms with Gasteiger partial charge < -0.3 is 5.32 Å². The van der Waals surface area contributed by atoms with E-state index in [0.29, 0.717) is 17.8 Å². The lowest BCUT2D eigenvalue weighted by molar-refractivity contribution is 0.293. The summed E-state index contributed by atoms with van der Waals surface area (Å²) in [5.74, 6) is 2.32. The number of aromatic nitrogens is 6. The molecule has 2 aromatic heterocycles. The Balaban J connectivity index is 1.68. The minimum Gasteiger partial charge on any atom is -0.354 e. The van der Waals surface area contributed by atoms with Crippen LogP contribution in [0.25, 0.3) is 5.95 Å². The summed E-state index contributed by atoms with van der Waals surface area (Å²) < 4.78 is 1.46. The van der Waals surface area contributed by atoms with E-state index in [9.17, 15) is 0 Å². The van der Waals surface area contributed by atoms with Crippen molar-refractivity contribution in [2.75, 3.05) is 11.9 Å². The zero-order valence-electron chi connectivity index (χ0n) is 11.9. The zero-order chi connectivity index (χ0) is 14.7. The summed E-state index contributed by atoms with van der Waals surface area (Å²) in [5.41, 5.74) is 0. The first-order valence-corrected chi connectivity index (χ1v) is 7.59. The summed E-state index contributed by atoms with van der Waals surface area (Å²) >= 11 is 5.95. The van der Waals surface area contributed by atoms with Gasteiger partial charge in [-0.2, -0.15) is 24.7 Å². The van der Waals surface area contributed by atoms with Crippen molar-refractivity contribution in [3.8, 4) is 5.95 Å². The van der Waals surface area contributed by atoms with E-state index in [1.54, 1.807) is 0 Å². The molecule has 0 amide bonds. The second kappa shape index (κ2) is 6.34. The van der Waals surface area contributed by atoms with Crippen LogP contribution < -0.4 is 5.32 Å². The van der Waals surface area contributed by atoms with E-state index < -0.39 is 0 Å². The maximum absolute atomic E-state index is 5.95. The van der Waals surface area contributed by atoms with Crippen LogP contribution >= 0.6 is 11.6 Å². The van der Waals surface area contributed by atoms with Gasteiger partial charge in [-0.15, -0.1) is 0 Å². The second-order valence-electron chi connectivity index (χ2n) is 5.59. The molecule has 1 aliphatic rings. The Hall–Kier alpha value is -1.76. The average molecular weight is 308 g/mol. The first-order chi connectivity index (χ1) is 10.2. The fraction of sp³-hybridized carbons (Fsp3) is 0.615. The molecule has 0 radical (unpaired) electrons. The average Bonchev–Trinajstić information content (AvgIpc) is 2.99. The Morgan fingerprint density at radius 2 is 2.24 bits per heavy atom. The normalized spacial score (nSPS) is 22.2. The highest BCUT2D eigenvalue weighted by molar-refractivity contribution is 6.28. The van der Waals surface area contributed by atoms with Gasteiger partial charge in [-0.1, -0.05) is 19.8 Å². The number of nitrogens with zero attached hydrogens (tertiary/aromatic N) is 6. The third kappa shape index (κ3) is 3.66. The Kier molecular flexibility index (Phi) is 4.28.